The van der Waals surface area contributed by atoms with Crippen LogP contribution >= 0.6 is 11.8 Å². The third-order valence-corrected chi connectivity index (χ3v) is 4.11. The van der Waals surface area contributed by atoms with Crippen molar-refractivity contribution in [1.29, 1.82) is 0 Å². The number of carboxylic acids is 1. The SMILES string of the molecule is CCc1nnc(SCC(=O)O)n1CCCC(=O)NC1CC1. The highest BCUT2D eigenvalue weighted by molar-refractivity contribution is 7.99. The number of nitrogens with zero attached hydrogens (tertiary/aromatic N) is 3. The lowest BCUT2D eigenvalue weighted by atomic mass is 10.3. The van der Waals surface area contributed by atoms with Crippen LogP contribution in [0.2, 0.25) is 0 Å². The number of thioether (sulfide) groups is 1. The smallest absolute Gasteiger partial charge is 0.313 e. The van der Waals surface area contributed by atoms with Crippen molar-refractivity contribution in [2.24, 2.45) is 0 Å². The molecule has 7 nitrogen and oxygen atoms in total. The summed E-state index contributed by atoms with van der Waals surface area (Å²) in [7, 11) is 0. The van der Waals surface area contributed by atoms with E-state index in [-0.39, 0.29) is 11.7 Å². The van der Waals surface area contributed by atoms with E-state index in [2.05, 4.69) is 15.5 Å². The summed E-state index contributed by atoms with van der Waals surface area (Å²) in [5.41, 5.74) is 0. The predicted octanol–water partition coefficient (Wildman–Crippen LogP) is 1.08. The van der Waals surface area contributed by atoms with Crippen molar-refractivity contribution in [2.45, 2.75) is 56.8 Å². The lowest BCUT2D eigenvalue weighted by Gasteiger charge is -2.09. The molecule has 0 spiro atoms. The number of amides is 1. The summed E-state index contributed by atoms with van der Waals surface area (Å²) in [4.78, 5) is 22.3. The summed E-state index contributed by atoms with van der Waals surface area (Å²) in [6.07, 6.45) is 4.08. The minimum Gasteiger partial charge on any atom is -0.481 e. The zero-order valence-electron chi connectivity index (χ0n) is 12.0. The monoisotopic (exact) mass is 312 g/mol. The highest BCUT2D eigenvalue weighted by Gasteiger charge is 2.22. The molecule has 1 amide bonds. The minimum absolute atomic E-state index is 0.0377. The first-order valence-electron chi connectivity index (χ1n) is 7.16. The number of aromatic nitrogens is 3. The van der Waals surface area contributed by atoms with Crippen molar-refractivity contribution in [3.63, 3.8) is 0 Å². The molecule has 1 aromatic rings. The Morgan fingerprint density at radius 3 is 2.81 bits per heavy atom. The molecule has 1 saturated carbocycles. The third kappa shape index (κ3) is 5.04. The van der Waals surface area contributed by atoms with E-state index in [9.17, 15) is 9.59 Å². The predicted molar refractivity (Wildman–Crippen MR) is 78.2 cm³/mol. The second kappa shape index (κ2) is 7.44. The second-order valence-corrected chi connectivity index (χ2v) is 5.97. The number of aliphatic carboxylic acids is 1. The van der Waals surface area contributed by atoms with Gasteiger partial charge in [0.25, 0.3) is 0 Å². The van der Waals surface area contributed by atoms with Crippen molar-refractivity contribution < 1.29 is 14.7 Å². The van der Waals surface area contributed by atoms with Gasteiger partial charge in [0.05, 0.1) is 5.75 Å². The van der Waals surface area contributed by atoms with Crippen LogP contribution in [0.4, 0.5) is 0 Å². The standard InChI is InChI=1S/C13H20N4O3S/c1-2-10-15-16-13(21-8-12(19)20)17(10)7-3-4-11(18)14-9-5-6-9/h9H,2-8H2,1H3,(H,14,18)(H,19,20). The molecule has 1 aliphatic rings. The summed E-state index contributed by atoms with van der Waals surface area (Å²) >= 11 is 1.16. The number of carboxylic acid groups (broad SMARTS) is 1. The van der Waals surface area contributed by atoms with Crippen LogP contribution in [-0.4, -0.2) is 43.5 Å². The highest BCUT2D eigenvalue weighted by Crippen LogP contribution is 2.20. The Kier molecular flexibility index (Phi) is 5.60. The Labute approximate surface area is 127 Å². The molecule has 0 saturated heterocycles. The van der Waals surface area contributed by atoms with Crippen molar-refractivity contribution in [1.82, 2.24) is 20.1 Å². The first-order valence-corrected chi connectivity index (χ1v) is 8.14. The maximum Gasteiger partial charge on any atom is 0.313 e. The van der Waals surface area contributed by atoms with E-state index >= 15 is 0 Å². The topological polar surface area (TPSA) is 97.1 Å². The van der Waals surface area contributed by atoms with Crippen LogP contribution in [-0.2, 0) is 22.6 Å². The normalized spacial score (nSPS) is 14.1. The van der Waals surface area contributed by atoms with E-state index in [0.717, 1.165) is 36.8 Å². The van der Waals surface area contributed by atoms with Crippen molar-refractivity contribution in [2.75, 3.05) is 5.75 Å². The Morgan fingerprint density at radius 2 is 2.19 bits per heavy atom. The number of carbonyl (C=O) groups is 2. The molecule has 2 N–H and O–H groups in total. The molecular formula is C13H20N4O3S. The Hall–Kier alpha value is -1.57. The van der Waals surface area contributed by atoms with E-state index < -0.39 is 5.97 Å². The highest BCUT2D eigenvalue weighted by atomic mass is 32.2. The van der Waals surface area contributed by atoms with Gasteiger partial charge in [0.1, 0.15) is 5.82 Å². The van der Waals surface area contributed by atoms with Gasteiger partial charge in [-0.15, -0.1) is 10.2 Å². The molecule has 0 aliphatic heterocycles. The van der Waals surface area contributed by atoms with Gasteiger partial charge < -0.3 is 15.0 Å². The largest absolute Gasteiger partial charge is 0.481 e. The molecule has 0 atom stereocenters. The van der Waals surface area contributed by atoms with Gasteiger partial charge in [-0.1, -0.05) is 18.7 Å². The number of rotatable bonds is 9. The summed E-state index contributed by atoms with van der Waals surface area (Å²) in [5, 5.41) is 20.4. The summed E-state index contributed by atoms with van der Waals surface area (Å²) < 4.78 is 1.91. The fraction of sp³-hybridized carbons (Fsp3) is 0.692. The number of hydrogen-bond donors (Lipinski definition) is 2. The van der Waals surface area contributed by atoms with E-state index in [1.807, 2.05) is 11.5 Å². The molecule has 21 heavy (non-hydrogen) atoms. The van der Waals surface area contributed by atoms with Gasteiger partial charge in [-0.05, 0) is 19.3 Å². The van der Waals surface area contributed by atoms with E-state index in [4.69, 9.17) is 5.11 Å². The summed E-state index contributed by atoms with van der Waals surface area (Å²) in [6.45, 7) is 2.61. The molecule has 8 heteroatoms. The zero-order valence-corrected chi connectivity index (χ0v) is 12.9. The van der Waals surface area contributed by atoms with Crippen molar-refractivity contribution in [3.8, 4) is 0 Å². The van der Waals surface area contributed by atoms with Crippen LogP contribution in [0.3, 0.4) is 0 Å². The molecule has 0 aromatic carbocycles. The van der Waals surface area contributed by atoms with Gasteiger partial charge in [-0.25, -0.2) is 0 Å². The van der Waals surface area contributed by atoms with Crippen molar-refractivity contribution in [3.05, 3.63) is 5.82 Å². The van der Waals surface area contributed by atoms with Crippen molar-refractivity contribution >= 4 is 23.6 Å². The third-order valence-electron chi connectivity index (χ3n) is 3.16. The Bertz CT molecular complexity index is 514. The van der Waals surface area contributed by atoms with Gasteiger partial charge in [-0.2, -0.15) is 0 Å². The van der Waals surface area contributed by atoms with Gasteiger partial charge in [0.2, 0.25) is 5.91 Å². The van der Waals surface area contributed by atoms with Crippen LogP contribution in [0.1, 0.15) is 38.4 Å². The molecule has 1 aromatic heterocycles. The number of hydrogen-bond acceptors (Lipinski definition) is 5. The van der Waals surface area contributed by atoms with Gasteiger partial charge in [0.15, 0.2) is 5.16 Å². The molecule has 1 aliphatic carbocycles. The van der Waals surface area contributed by atoms with E-state index in [1.54, 1.807) is 0 Å². The Balaban J connectivity index is 1.85. The lowest BCUT2D eigenvalue weighted by Crippen LogP contribution is -2.25. The van der Waals surface area contributed by atoms with Crippen LogP contribution in [0, 0.1) is 0 Å². The van der Waals surface area contributed by atoms with E-state index in [1.165, 1.54) is 0 Å². The Morgan fingerprint density at radius 1 is 1.43 bits per heavy atom. The summed E-state index contributed by atoms with van der Waals surface area (Å²) in [5.74, 6) is -0.00504. The molecule has 0 radical (unpaired) electrons. The zero-order chi connectivity index (χ0) is 15.2. The first kappa shape index (κ1) is 15.8. The van der Waals surface area contributed by atoms with Crippen LogP contribution in [0.25, 0.3) is 0 Å². The fourth-order valence-corrected chi connectivity index (χ4v) is 2.67. The fourth-order valence-electron chi connectivity index (χ4n) is 1.96. The quantitative estimate of drug-likeness (QED) is 0.662. The molecule has 0 unspecified atom stereocenters. The van der Waals surface area contributed by atoms with Crippen LogP contribution < -0.4 is 5.32 Å². The molecule has 2 rings (SSSR count). The molecule has 1 heterocycles. The average molecular weight is 312 g/mol. The molecule has 116 valence electrons. The average Bonchev–Trinajstić information content (AvgIpc) is 3.16. The maximum absolute atomic E-state index is 11.6. The lowest BCUT2D eigenvalue weighted by molar-refractivity contribution is -0.134. The van der Waals surface area contributed by atoms with Crippen LogP contribution in [0.15, 0.2) is 5.16 Å². The first-order chi connectivity index (χ1) is 10.1. The molecule has 1 fully saturated rings. The number of nitrogens with one attached hydrogen (secondary N) is 1. The van der Waals surface area contributed by atoms with Gasteiger partial charge in [-0.3, -0.25) is 9.59 Å². The molecular weight excluding hydrogens is 292 g/mol. The van der Waals surface area contributed by atoms with Gasteiger partial charge in [0, 0.05) is 25.4 Å². The van der Waals surface area contributed by atoms with E-state index in [0.29, 0.717) is 30.6 Å². The number of carbonyl (C=O) groups excluding carboxylic acids is 1. The summed E-state index contributed by atoms with van der Waals surface area (Å²) in [6, 6.07) is 0.389. The minimum atomic E-state index is -0.878. The maximum atomic E-state index is 11.6. The molecule has 0 bridgehead atoms. The second-order valence-electron chi connectivity index (χ2n) is 5.03. The van der Waals surface area contributed by atoms with Gasteiger partial charge >= 0.3 is 5.97 Å². The number of aryl methyl sites for hydroxylation is 1. The van der Waals surface area contributed by atoms with Crippen LogP contribution in [0.5, 0.6) is 0 Å².